The molecule has 2 bridgehead atoms. The zero-order chi connectivity index (χ0) is 17.1. The minimum atomic E-state index is -0.169. The van der Waals surface area contributed by atoms with Gasteiger partial charge < -0.3 is 15.0 Å². The third kappa shape index (κ3) is 3.85. The number of carbonyl (C=O) groups is 1. The van der Waals surface area contributed by atoms with Gasteiger partial charge in [-0.1, -0.05) is 23.7 Å². The number of urea groups is 1. The summed E-state index contributed by atoms with van der Waals surface area (Å²) in [7, 11) is 3.84. The van der Waals surface area contributed by atoms with Crippen molar-refractivity contribution in [3.63, 3.8) is 0 Å². The number of likely N-dealkylation sites (tertiary alicyclic amines) is 1. The summed E-state index contributed by atoms with van der Waals surface area (Å²) in [6, 6.07) is 8.68. The van der Waals surface area contributed by atoms with Gasteiger partial charge in [0.15, 0.2) is 0 Å². The number of hydrogen-bond acceptors (Lipinski definition) is 3. The van der Waals surface area contributed by atoms with Crippen LogP contribution in [-0.4, -0.2) is 61.7 Å². The molecular weight excluding hydrogens is 326 g/mol. The molecule has 6 heteroatoms. The SMILES string of the molecule is COC(CNC(=O)N1CCC2CCC(C1)N2C)c1ccc(Cl)cc1. The monoisotopic (exact) mass is 351 g/mol. The summed E-state index contributed by atoms with van der Waals surface area (Å²) < 4.78 is 5.52. The molecule has 1 N–H and O–H groups in total. The zero-order valence-electron chi connectivity index (χ0n) is 14.4. The Labute approximate surface area is 148 Å². The second-order valence-electron chi connectivity index (χ2n) is 6.75. The van der Waals surface area contributed by atoms with Gasteiger partial charge in [-0.25, -0.2) is 4.79 Å². The van der Waals surface area contributed by atoms with Crippen LogP contribution in [0, 0.1) is 0 Å². The van der Waals surface area contributed by atoms with Gasteiger partial charge >= 0.3 is 6.03 Å². The van der Waals surface area contributed by atoms with Crippen molar-refractivity contribution in [1.29, 1.82) is 0 Å². The molecule has 0 saturated carbocycles. The third-order valence-electron chi connectivity index (χ3n) is 5.40. The molecule has 2 aliphatic rings. The number of fused-ring (bicyclic) bond motifs is 2. The molecule has 0 aliphatic carbocycles. The minimum Gasteiger partial charge on any atom is -0.375 e. The van der Waals surface area contributed by atoms with E-state index in [2.05, 4.69) is 17.3 Å². The lowest BCUT2D eigenvalue weighted by Gasteiger charge is -2.27. The van der Waals surface area contributed by atoms with Gasteiger partial charge in [-0.2, -0.15) is 0 Å². The first-order chi connectivity index (χ1) is 11.6. The molecular formula is C18H26ClN3O2. The molecule has 2 amide bonds. The Morgan fingerprint density at radius 3 is 2.71 bits per heavy atom. The van der Waals surface area contributed by atoms with Crippen LogP contribution in [0.5, 0.6) is 0 Å². The average Bonchev–Trinajstić information content (AvgIpc) is 2.82. The molecule has 0 aromatic heterocycles. The van der Waals surface area contributed by atoms with Gasteiger partial charge in [-0.05, 0) is 44.0 Å². The lowest BCUT2D eigenvalue weighted by molar-refractivity contribution is 0.101. The van der Waals surface area contributed by atoms with E-state index in [0.29, 0.717) is 23.7 Å². The summed E-state index contributed by atoms with van der Waals surface area (Å²) in [5.74, 6) is 0. The van der Waals surface area contributed by atoms with E-state index in [1.54, 1.807) is 7.11 Å². The number of rotatable bonds is 4. The van der Waals surface area contributed by atoms with Crippen LogP contribution >= 0.6 is 11.6 Å². The molecule has 2 heterocycles. The third-order valence-corrected chi connectivity index (χ3v) is 5.65. The van der Waals surface area contributed by atoms with Crippen molar-refractivity contribution in [2.75, 3.05) is 33.8 Å². The summed E-state index contributed by atoms with van der Waals surface area (Å²) in [6.07, 6.45) is 3.35. The number of nitrogens with zero attached hydrogens (tertiary/aromatic N) is 2. The maximum absolute atomic E-state index is 12.6. The molecule has 132 valence electrons. The average molecular weight is 352 g/mol. The van der Waals surface area contributed by atoms with Crippen molar-refractivity contribution < 1.29 is 9.53 Å². The molecule has 2 fully saturated rings. The second kappa shape index (κ2) is 7.72. The molecule has 0 radical (unpaired) electrons. The summed E-state index contributed by atoms with van der Waals surface area (Å²) in [5, 5.41) is 3.72. The molecule has 2 aliphatic heterocycles. The van der Waals surface area contributed by atoms with Gasteiger partial charge in [-0.15, -0.1) is 0 Å². The van der Waals surface area contributed by atoms with E-state index >= 15 is 0 Å². The lowest BCUT2D eigenvalue weighted by atomic mass is 10.1. The molecule has 5 nitrogen and oxygen atoms in total. The predicted octanol–water partition coefficient (Wildman–Crippen LogP) is 2.91. The zero-order valence-corrected chi connectivity index (χ0v) is 15.1. The molecule has 3 rings (SSSR count). The van der Waals surface area contributed by atoms with Gasteiger partial charge in [0.2, 0.25) is 0 Å². The fraction of sp³-hybridized carbons (Fsp3) is 0.611. The Morgan fingerprint density at radius 2 is 2.00 bits per heavy atom. The van der Waals surface area contributed by atoms with Crippen molar-refractivity contribution in [3.8, 4) is 0 Å². The highest BCUT2D eigenvalue weighted by molar-refractivity contribution is 6.30. The lowest BCUT2D eigenvalue weighted by Crippen LogP contribution is -2.45. The van der Waals surface area contributed by atoms with Crippen molar-refractivity contribution in [3.05, 3.63) is 34.9 Å². The van der Waals surface area contributed by atoms with Crippen molar-refractivity contribution in [1.82, 2.24) is 15.1 Å². The van der Waals surface area contributed by atoms with Crippen LogP contribution < -0.4 is 5.32 Å². The van der Waals surface area contributed by atoms with Gasteiger partial charge in [0.1, 0.15) is 0 Å². The fourth-order valence-corrected chi connectivity index (χ4v) is 3.93. The predicted molar refractivity (Wildman–Crippen MR) is 95.4 cm³/mol. The van der Waals surface area contributed by atoms with Crippen molar-refractivity contribution in [2.45, 2.75) is 37.5 Å². The summed E-state index contributed by atoms with van der Waals surface area (Å²) >= 11 is 5.93. The molecule has 0 spiro atoms. The van der Waals surface area contributed by atoms with Crippen LogP contribution in [0.4, 0.5) is 4.79 Å². The van der Waals surface area contributed by atoms with Crippen LogP contribution in [0.1, 0.15) is 30.9 Å². The van der Waals surface area contributed by atoms with E-state index in [1.807, 2.05) is 29.2 Å². The van der Waals surface area contributed by atoms with Crippen LogP contribution in [0.25, 0.3) is 0 Å². The Balaban J connectivity index is 1.55. The largest absolute Gasteiger partial charge is 0.375 e. The number of likely N-dealkylation sites (N-methyl/N-ethyl adjacent to an activating group) is 1. The Kier molecular flexibility index (Phi) is 5.64. The number of ether oxygens (including phenoxy) is 1. The highest BCUT2D eigenvalue weighted by Gasteiger charge is 2.36. The maximum Gasteiger partial charge on any atom is 0.317 e. The van der Waals surface area contributed by atoms with E-state index in [-0.39, 0.29) is 12.1 Å². The Morgan fingerprint density at radius 1 is 1.29 bits per heavy atom. The number of carbonyl (C=O) groups excluding carboxylic acids is 1. The van der Waals surface area contributed by atoms with Crippen LogP contribution in [0.3, 0.4) is 0 Å². The molecule has 24 heavy (non-hydrogen) atoms. The number of amides is 2. The molecule has 1 aromatic rings. The van der Waals surface area contributed by atoms with E-state index in [0.717, 1.165) is 25.1 Å². The summed E-state index contributed by atoms with van der Waals surface area (Å²) in [6.45, 7) is 2.10. The number of nitrogens with one attached hydrogen (secondary N) is 1. The van der Waals surface area contributed by atoms with Crippen molar-refractivity contribution in [2.24, 2.45) is 0 Å². The van der Waals surface area contributed by atoms with E-state index in [1.165, 1.54) is 12.8 Å². The summed E-state index contributed by atoms with van der Waals surface area (Å²) in [4.78, 5) is 17.0. The Hall–Kier alpha value is -1.30. The topological polar surface area (TPSA) is 44.8 Å². The van der Waals surface area contributed by atoms with Gasteiger partial charge in [-0.3, -0.25) is 4.90 Å². The smallest absolute Gasteiger partial charge is 0.317 e. The minimum absolute atomic E-state index is 0.00645. The standard InChI is InChI=1S/C18H26ClN3O2/c1-21-15-7-8-16(21)12-22(10-9-15)18(23)20-11-17(24-2)13-3-5-14(19)6-4-13/h3-6,15-17H,7-12H2,1-2H3,(H,20,23). The molecule has 3 atom stereocenters. The van der Waals surface area contributed by atoms with Crippen LogP contribution in [-0.2, 0) is 4.74 Å². The number of benzene rings is 1. The quantitative estimate of drug-likeness (QED) is 0.907. The number of methoxy groups -OCH3 is 1. The van der Waals surface area contributed by atoms with E-state index in [4.69, 9.17) is 16.3 Å². The van der Waals surface area contributed by atoms with Crippen molar-refractivity contribution >= 4 is 17.6 Å². The second-order valence-corrected chi connectivity index (χ2v) is 7.18. The fourth-order valence-electron chi connectivity index (χ4n) is 3.80. The van der Waals surface area contributed by atoms with E-state index < -0.39 is 0 Å². The van der Waals surface area contributed by atoms with Gasteiger partial charge in [0.05, 0.1) is 6.10 Å². The number of hydrogen-bond donors (Lipinski definition) is 1. The first-order valence-corrected chi connectivity index (χ1v) is 8.99. The van der Waals surface area contributed by atoms with Crippen LogP contribution in [0.15, 0.2) is 24.3 Å². The molecule has 2 saturated heterocycles. The first kappa shape index (κ1) is 17.5. The normalized spacial score (nSPS) is 25.4. The van der Waals surface area contributed by atoms with E-state index in [9.17, 15) is 4.79 Å². The van der Waals surface area contributed by atoms with Gasteiger partial charge in [0.25, 0.3) is 0 Å². The summed E-state index contributed by atoms with van der Waals surface area (Å²) in [5.41, 5.74) is 1.01. The first-order valence-electron chi connectivity index (χ1n) is 8.61. The Bertz CT molecular complexity index is 566. The maximum atomic E-state index is 12.6. The highest BCUT2D eigenvalue weighted by Crippen LogP contribution is 2.28. The van der Waals surface area contributed by atoms with Crippen LogP contribution in [0.2, 0.25) is 5.02 Å². The molecule has 1 aromatic carbocycles. The molecule has 3 unspecified atom stereocenters. The van der Waals surface area contributed by atoms with Gasteiger partial charge in [0, 0.05) is 43.9 Å². The highest BCUT2D eigenvalue weighted by atomic mass is 35.5. The number of halogens is 1.